The molecule has 2 N–H and O–H groups in total. The quantitative estimate of drug-likeness (QED) is 0.401. The van der Waals surface area contributed by atoms with Gasteiger partial charge in [0.25, 0.3) is 0 Å². The fourth-order valence-corrected chi connectivity index (χ4v) is 4.20. The Bertz CT molecular complexity index is 992. The van der Waals surface area contributed by atoms with E-state index in [-0.39, 0.29) is 24.0 Å². The maximum Gasteiger partial charge on any atom is 0.358 e. The number of nitrogens with zero attached hydrogens (tertiary/aromatic N) is 2. The summed E-state index contributed by atoms with van der Waals surface area (Å²) in [6, 6.07) is 11.0. The maximum absolute atomic E-state index is 14.5. The smallest absolute Gasteiger partial charge is 0.358 e. The van der Waals surface area contributed by atoms with Crippen LogP contribution in [0.3, 0.4) is 0 Å². The lowest BCUT2D eigenvalue weighted by atomic mass is 10.1. The molecule has 1 aliphatic heterocycles. The number of halogens is 2. The van der Waals surface area contributed by atoms with Crippen LogP contribution in [-0.4, -0.2) is 42.5 Å². The number of urea groups is 1. The standard InChI is InChI=1S/C20H20F2N4O4S/c1-13(27)23-24-19(28)26-20(11-30-12-29-2,14-6-4-3-5-7-14)31-18(25-26)16-10-15(21)8-9-17(16)22/h3-10H,11-12H2,1-2H3,(H,23,27)(H,24,28). The molecule has 1 heterocycles. The van der Waals surface area contributed by atoms with E-state index in [9.17, 15) is 18.4 Å². The summed E-state index contributed by atoms with van der Waals surface area (Å²) in [6.45, 7) is 1.06. The summed E-state index contributed by atoms with van der Waals surface area (Å²) in [5.41, 5.74) is 4.96. The molecule has 1 aliphatic rings. The van der Waals surface area contributed by atoms with Gasteiger partial charge in [0.05, 0.1) is 6.61 Å². The second-order valence-corrected chi connectivity index (χ2v) is 7.73. The largest absolute Gasteiger partial charge is 0.359 e. The van der Waals surface area contributed by atoms with Crippen LogP contribution < -0.4 is 10.9 Å². The van der Waals surface area contributed by atoms with E-state index in [1.807, 2.05) is 0 Å². The lowest BCUT2D eigenvalue weighted by Crippen LogP contribution is -2.53. The average Bonchev–Trinajstić information content (AvgIpc) is 3.15. The van der Waals surface area contributed by atoms with Gasteiger partial charge in [0.15, 0.2) is 4.87 Å². The average molecular weight is 450 g/mol. The molecule has 0 aliphatic carbocycles. The lowest BCUT2D eigenvalue weighted by Gasteiger charge is -2.35. The lowest BCUT2D eigenvalue weighted by molar-refractivity contribution is -0.119. The molecule has 0 spiro atoms. The summed E-state index contributed by atoms with van der Waals surface area (Å²) in [5, 5.41) is 5.38. The van der Waals surface area contributed by atoms with Gasteiger partial charge >= 0.3 is 6.03 Å². The Hall–Kier alpha value is -3.02. The minimum Gasteiger partial charge on any atom is -0.359 e. The first kappa shape index (κ1) is 22.7. The molecule has 0 aromatic heterocycles. The number of carbonyl (C=O) groups is 2. The van der Waals surface area contributed by atoms with Crippen LogP contribution in [0.4, 0.5) is 13.6 Å². The Morgan fingerprint density at radius 3 is 2.58 bits per heavy atom. The van der Waals surface area contributed by atoms with E-state index in [1.165, 1.54) is 14.0 Å². The van der Waals surface area contributed by atoms with Crippen molar-refractivity contribution in [2.45, 2.75) is 11.8 Å². The van der Waals surface area contributed by atoms with Gasteiger partial charge in [-0.15, -0.1) is 0 Å². The highest BCUT2D eigenvalue weighted by molar-refractivity contribution is 8.15. The van der Waals surface area contributed by atoms with E-state index < -0.39 is 28.4 Å². The fourth-order valence-electron chi connectivity index (χ4n) is 2.89. The highest BCUT2D eigenvalue weighted by Gasteiger charge is 2.50. The number of hydrazine groups is 1. The molecule has 2 aromatic rings. The summed E-state index contributed by atoms with van der Waals surface area (Å²) in [4.78, 5) is 22.9. The number of hydrazone groups is 1. The zero-order valence-corrected chi connectivity index (χ0v) is 17.5. The van der Waals surface area contributed by atoms with Crippen LogP contribution in [0.1, 0.15) is 18.1 Å². The van der Waals surface area contributed by atoms with Gasteiger partial charge in [-0.1, -0.05) is 42.1 Å². The van der Waals surface area contributed by atoms with Crippen LogP contribution in [0.15, 0.2) is 53.6 Å². The van der Waals surface area contributed by atoms with Crippen molar-refractivity contribution in [3.8, 4) is 0 Å². The number of amides is 3. The second-order valence-electron chi connectivity index (χ2n) is 6.46. The molecular formula is C20H20F2N4O4S. The van der Waals surface area contributed by atoms with Gasteiger partial charge in [-0.25, -0.2) is 19.0 Å². The van der Waals surface area contributed by atoms with E-state index in [1.54, 1.807) is 30.3 Å². The van der Waals surface area contributed by atoms with E-state index in [0.29, 0.717) is 5.56 Å². The maximum atomic E-state index is 14.5. The molecular weight excluding hydrogens is 430 g/mol. The molecule has 31 heavy (non-hydrogen) atoms. The first-order valence-corrected chi connectivity index (χ1v) is 9.91. The molecule has 0 bridgehead atoms. The molecule has 8 nitrogen and oxygen atoms in total. The van der Waals surface area contributed by atoms with Gasteiger partial charge in [-0.2, -0.15) is 10.1 Å². The Morgan fingerprint density at radius 1 is 1.16 bits per heavy atom. The second kappa shape index (κ2) is 9.86. The molecule has 3 rings (SSSR count). The third kappa shape index (κ3) is 5.01. The van der Waals surface area contributed by atoms with Gasteiger partial charge < -0.3 is 9.47 Å². The first-order valence-electron chi connectivity index (χ1n) is 9.09. The summed E-state index contributed by atoms with van der Waals surface area (Å²) in [6.07, 6.45) is 0. The van der Waals surface area contributed by atoms with Gasteiger partial charge in [0.2, 0.25) is 5.91 Å². The number of hydrogen-bond donors (Lipinski definition) is 2. The molecule has 0 fully saturated rings. The van der Waals surface area contributed by atoms with E-state index in [4.69, 9.17) is 9.47 Å². The molecule has 0 saturated carbocycles. The molecule has 1 unspecified atom stereocenters. The zero-order chi connectivity index (χ0) is 22.4. The number of benzene rings is 2. The highest BCUT2D eigenvalue weighted by Crippen LogP contribution is 2.47. The number of thioether (sulfide) groups is 1. The van der Waals surface area contributed by atoms with Gasteiger partial charge in [-0.3, -0.25) is 10.2 Å². The molecule has 1 atom stereocenters. The van der Waals surface area contributed by atoms with Crippen LogP contribution in [0.25, 0.3) is 0 Å². The van der Waals surface area contributed by atoms with Gasteiger partial charge in [0.1, 0.15) is 23.5 Å². The molecule has 0 saturated heterocycles. The number of methoxy groups -OCH3 is 1. The Labute approximate surface area is 181 Å². The monoisotopic (exact) mass is 450 g/mol. The zero-order valence-electron chi connectivity index (χ0n) is 16.7. The minimum atomic E-state index is -1.28. The van der Waals surface area contributed by atoms with Crippen molar-refractivity contribution in [1.82, 2.24) is 15.9 Å². The van der Waals surface area contributed by atoms with Crippen LogP contribution in [-0.2, 0) is 19.1 Å². The summed E-state index contributed by atoms with van der Waals surface area (Å²) in [5.74, 6) is -1.85. The normalized spacial score (nSPS) is 17.9. The van der Waals surface area contributed by atoms with Crippen molar-refractivity contribution in [2.24, 2.45) is 5.10 Å². The van der Waals surface area contributed by atoms with Crippen LogP contribution in [0.5, 0.6) is 0 Å². The van der Waals surface area contributed by atoms with Gasteiger partial charge in [-0.05, 0) is 23.8 Å². The number of nitrogens with one attached hydrogen (secondary N) is 2. The van der Waals surface area contributed by atoms with E-state index in [0.717, 1.165) is 35.0 Å². The molecule has 164 valence electrons. The van der Waals surface area contributed by atoms with Gasteiger partial charge in [0, 0.05) is 19.6 Å². The van der Waals surface area contributed by atoms with Crippen molar-refractivity contribution in [3.63, 3.8) is 0 Å². The minimum absolute atomic E-state index is 0.0693. The topological polar surface area (TPSA) is 92.3 Å². The predicted octanol–water partition coefficient (Wildman–Crippen LogP) is 2.91. The van der Waals surface area contributed by atoms with Crippen LogP contribution in [0.2, 0.25) is 0 Å². The summed E-state index contributed by atoms with van der Waals surface area (Å²) < 4.78 is 38.8. The highest BCUT2D eigenvalue weighted by atomic mass is 32.2. The summed E-state index contributed by atoms with van der Waals surface area (Å²) in [7, 11) is 1.45. The Morgan fingerprint density at radius 2 is 1.90 bits per heavy atom. The van der Waals surface area contributed by atoms with E-state index >= 15 is 0 Å². The van der Waals surface area contributed by atoms with Crippen molar-refractivity contribution in [1.29, 1.82) is 0 Å². The third-order valence-electron chi connectivity index (χ3n) is 4.22. The predicted molar refractivity (Wildman–Crippen MR) is 111 cm³/mol. The van der Waals surface area contributed by atoms with E-state index in [2.05, 4.69) is 16.0 Å². The van der Waals surface area contributed by atoms with Crippen molar-refractivity contribution < 1.29 is 27.8 Å². The van der Waals surface area contributed by atoms with Crippen molar-refractivity contribution in [3.05, 3.63) is 71.3 Å². The van der Waals surface area contributed by atoms with Crippen molar-refractivity contribution >= 4 is 28.7 Å². The van der Waals surface area contributed by atoms with Crippen molar-refractivity contribution in [2.75, 3.05) is 20.5 Å². The SMILES string of the molecule is COCOCC1(c2ccccc2)SC(c2cc(F)ccc2F)=NN1C(=O)NNC(C)=O. The Kier molecular flexibility index (Phi) is 7.21. The first-order chi connectivity index (χ1) is 14.9. The number of rotatable bonds is 6. The number of ether oxygens (including phenoxy) is 2. The Balaban J connectivity index is 2.08. The molecule has 3 amide bonds. The molecule has 11 heteroatoms. The number of carbonyl (C=O) groups excluding carboxylic acids is 2. The fraction of sp³-hybridized carbons (Fsp3) is 0.250. The molecule has 2 aromatic carbocycles. The van der Waals surface area contributed by atoms with Crippen LogP contribution in [0, 0.1) is 11.6 Å². The van der Waals surface area contributed by atoms with Crippen LogP contribution >= 0.6 is 11.8 Å². The molecule has 0 radical (unpaired) electrons. The third-order valence-corrected chi connectivity index (χ3v) is 5.58. The summed E-state index contributed by atoms with van der Waals surface area (Å²) >= 11 is 1.02. The number of hydrogen-bond acceptors (Lipinski definition) is 6.